The minimum absolute atomic E-state index is 0.110. The summed E-state index contributed by atoms with van der Waals surface area (Å²) in [6, 6.07) is 31.2. The average Bonchev–Trinajstić information content (AvgIpc) is 3.28. The monoisotopic (exact) mass is 545 g/mol. The zero-order valence-corrected chi connectivity index (χ0v) is 23.9. The zero-order valence-electron chi connectivity index (χ0n) is 23.9. The first-order valence-electron chi connectivity index (χ1n) is 13.9. The predicted molar refractivity (Wildman–Crippen MR) is 166 cm³/mol. The molecule has 208 valence electrons. The van der Waals surface area contributed by atoms with Gasteiger partial charge >= 0.3 is 6.03 Å². The molecule has 0 saturated carbocycles. The molecule has 5 rings (SSSR count). The van der Waals surface area contributed by atoms with Crippen LogP contribution in [0.25, 0.3) is 27.6 Å². The first-order valence-corrected chi connectivity index (χ1v) is 13.9. The molecule has 7 heteroatoms. The molecule has 1 aromatic heterocycles. The molecular formula is C34H35N5O2. The molecule has 0 aliphatic heterocycles. The van der Waals surface area contributed by atoms with Gasteiger partial charge in [0.25, 0.3) is 0 Å². The third-order valence-corrected chi connectivity index (χ3v) is 6.96. The molecule has 0 radical (unpaired) electrons. The highest BCUT2D eigenvalue weighted by atomic mass is 16.2. The Morgan fingerprint density at radius 1 is 0.829 bits per heavy atom. The Kier molecular flexibility index (Phi) is 8.15. The highest BCUT2D eigenvalue weighted by Gasteiger charge is 2.24. The van der Waals surface area contributed by atoms with E-state index in [0.29, 0.717) is 18.1 Å². The Bertz CT molecular complexity index is 1690. The van der Waals surface area contributed by atoms with E-state index in [4.69, 9.17) is 5.10 Å². The van der Waals surface area contributed by atoms with Gasteiger partial charge in [-0.25, -0.2) is 9.48 Å². The molecule has 0 bridgehead atoms. The molecule has 0 spiro atoms. The van der Waals surface area contributed by atoms with Gasteiger partial charge in [0.2, 0.25) is 5.91 Å². The van der Waals surface area contributed by atoms with E-state index in [1.54, 1.807) is 9.58 Å². The van der Waals surface area contributed by atoms with Gasteiger partial charge in [-0.1, -0.05) is 98.8 Å². The Morgan fingerprint density at radius 3 is 2.27 bits per heavy atom. The normalized spacial score (nSPS) is 11.0. The molecule has 0 fully saturated rings. The highest BCUT2D eigenvalue weighted by Crippen LogP contribution is 2.34. The van der Waals surface area contributed by atoms with Gasteiger partial charge in [-0.3, -0.25) is 4.79 Å². The van der Waals surface area contributed by atoms with Crippen LogP contribution in [0.3, 0.4) is 0 Å². The molecule has 0 unspecified atom stereocenters. The minimum atomic E-state index is -0.322. The number of nitrogens with one attached hydrogen (secondary N) is 2. The fraction of sp³-hybridized carbons (Fsp3) is 0.206. The second kappa shape index (κ2) is 12.1. The molecule has 1 heterocycles. The molecule has 0 saturated heterocycles. The van der Waals surface area contributed by atoms with Gasteiger partial charge in [0.1, 0.15) is 12.4 Å². The fourth-order valence-electron chi connectivity index (χ4n) is 5.10. The number of hydrogen-bond donors (Lipinski definition) is 2. The standard InChI is InChI=1S/C34H35N5O2/c1-23(2)21-38(34(41)35-29-19-12-17-26-14-9-10-18-28(26)29)22-31(40)36-33-32(27-15-6-5-7-16-27)25(4)37-39(33)30-20-11-8-13-24(30)3/h5-20,23H,21-22H2,1-4H3,(H,35,41)(H,36,40). The maximum Gasteiger partial charge on any atom is 0.322 e. The average molecular weight is 546 g/mol. The second-order valence-corrected chi connectivity index (χ2v) is 10.7. The summed E-state index contributed by atoms with van der Waals surface area (Å²) in [4.78, 5) is 28.7. The van der Waals surface area contributed by atoms with Gasteiger partial charge in [0.05, 0.1) is 17.1 Å². The number of carbonyl (C=O) groups excluding carboxylic acids is 2. The summed E-state index contributed by atoms with van der Waals surface area (Å²) < 4.78 is 1.79. The summed E-state index contributed by atoms with van der Waals surface area (Å²) in [7, 11) is 0. The van der Waals surface area contributed by atoms with Crippen molar-refractivity contribution in [3.8, 4) is 16.8 Å². The van der Waals surface area contributed by atoms with Gasteiger partial charge in [-0.15, -0.1) is 0 Å². The van der Waals surface area contributed by atoms with E-state index in [9.17, 15) is 9.59 Å². The van der Waals surface area contributed by atoms with Crippen molar-refractivity contribution in [3.63, 3.8) is 0 Å². The van der Waals surface area contributed by atoms with Crippen LogP contribution in [0.15, 0.2) is 97.1 Å². The molecule has 0 atom stereocenters. The zero-order chi connectivity index (χ0) is 28.9. The van der Waals surface area contributed by atoms with Crippen LogP contribution in [-0.4, -0.2) is 39.7 Å². The van der Waals surface area contributed by atoms with Crippen LogP contribution in [0.4, 0.5) is 16.3 Å². The summed E-state index contributed by atoms with van der Waals surface area (Å²) >= 11 is 0. The molecule has 2 N–H and O–H groups in total. The SMILES string of the molecule is Cc1ccccc1-n1nc(C)c(-c2ccccc2)c1NC(=O)CN(CC(C)C)C(=O)Nc1cccc2ccccc12. The third-order valence-electron chi connectivity index (χ3n) is 6.96. The van der Waals surface area contributed by atoms with Crippen molar-refractivity contribution in [1.82, 2.24) is 14.7 Å². The van der Waals surface area contributed by atoms with Gasteiger partial charge < -0.3 is 15.5 Å². The van der Waals surface area contributed by atoms with E-state index < -0.39 is 0 Å². The quantitative estimate of drug-likeness (QED) is 0.213. The number of aryl methyl sites for hydroxylation is 2. The van der Waals surface area contributed by atoms with Crippen molar-refractivity contribution < 1.29 is 9.59 Å². The second-order valence-electron chi connectivity index (χ2n) is 10.7. The maximum absolute atomic E-state index is 13.7. The number of fused-ring (bicyclic) bond motifs is 1. The van der Waals surface area contributed by atoms with Crippen LogP contribution < -0.4 is 10.6 Å². The van der Waals surface area contributed by atoms with Crippen LogP contribution in [-0.2, 0) is 4.79 Å². The summed E-state index contributed by atoms with van der Waals surface area (Å²) in [6.45, 7) is 8.32. The highest BCUT2D eigenvalue weighted by molar-refractivity contribution is 6.03. The van der Waals surface area contributed by atoms with E-state index >= 15 is 0 Å². The topological polar surface area (TPSA) is 79.3 Å². The van der Waals surface area contributed by atoms with Crippen molar-refractivity contribution in [2.45, 2.75) is 27.7 Å². The lowest BCUT2D eigenvalue weighted by Crippen LogP contribution is -2.42. The predicted octanol–water partition coefficient (Wildman–Crippen LogP) is 7.44. The number of rotatable bonds is 8. The number of hydrogen-bond acceptors (Lipinski definition) is 3. The van der Waals surface area contributed by atoms with Gasteiger partial charge in [-0.2, -0.15) is 5.10 Å². The number of amides is 3. The number of urea groups is 1. The molecule has 3 amide bonds. The summed E-state index contributed by atoms with van der Waals surface area (Å²) in [5.41, 5.74) is 5.21. The Balaban J connectivity index is 1.45. The van der Waals surface area contributed by atoms with Gasteiger partial charge in [0.15, 0.2) is 0 Å². The molecule has 5 aromatic rings. The Labute approximate surface area is 240 Å². The number of aromatic nitrogens is 2. The molecule has 7 nitrogen and oxygen atoms in total. The number of anilines is 2. The summed E-state index contributed by atoms with van der Waals surface area (Å²) in [5, 5.41) is 13.0. The molecule has 0 aliphatic rings. The van der Waals surface area contributed by atoms with E-state index in [1.165, 1.54) is 0 Å². The molecule has 0 aliphatic carbocycles. The van der Waals surface area contributed by atoms with E-state index in [-0.39, 0.29) is 24.4 Å². The van der Waals surface area contributed by atoms with Crippen LogP contribution in [0, 0.1) is 19.8 Å². The Morgan fingerprint density at radius 2 is 1.51 bits per heavy atom. The van der Waals surface area contributed by atoms with Gasteiger partial charge in [0, 0.05) is 17.5 Å². The van der Waals surface area contributed by atoms with Crippen LogP contribution in [0.5, 0.6) is 0 Å². The maximum atomic E-state index is 13.7. The number of carbonyl (C=O) groups is 2. The lowest BCUT2D eigenvalue weighted by molar-refractivity contribution is -0.116. The molecular weight excluding hydrogens is 510 g/mol. The van der Waals surface area contributed by atoms with Gasteiger partial charge in [-0.05, 0) is 48.4 Å². The van der Waals surface area contributed by atoms with Crippen LogP contribution >= 0.6 is 0 Å². The number of para-hydroxylation sites is 1. The first kappa shape index (κ1) is 27.6. The Hall–Kier alpha value is -4.91. The summed E-state index contributed by atoms with van der Waals surface area (Å²) in [6.07, 6.45) is 0. The van der Waals surface area contributed by atoms with Crippen molar-refractivity contribution in [2.75, 3.05) is 23.7 Å². The van der Waals surface area contributed by atoms with Crippen molar-refractivity contribution in [3.05, 3.63) is 108 Å². The van der Waals surface area contributed by atoms with E-state index in [1.807, 2.05) is 125 Å². The third kappa shape index (κ3) is 6.14. The van der Waals surface area contributed by atoms with Crippen molar-refractivity contribution in [1.29, 1.82) is 0 Å². The lowest BCUT2D eigenvalue weighted by Gasteiger charge is -2.25. The lowest BCUT2D eigenvalue weighted by atomic mass is 10.1. The van der Waals surface area contributed by atoms with E-state index in [0.717, 1.165) is 38.8 Å². The van der Waals surface area contributed by atoms with Crippen LogP contribution in [0.1, 0.15) is 25.1 Å². The summed E-state index contributed by atoms with van der Waals surface area (Å²) in [5.74, 6) is 0.443. The smallest absolute Gasteiger partial charge is 0.315 e. The van der Waals surface area contributed by atoms with Crippen molar-refractivity contribution in [2.24, 2.45) is 5.92 Å². The molecule has 4 aromatic carbocycles. The fourth-order valence-corrected chi connectivity index (χ4v) is 5.10. The van der Waals surface area contributed by atoms with Crippen LogP contribution in [0.2, 0.25) is 0 Å². The number of benzene rings is 4. The van der Waals surface area contributed by atoms with E-state index in [2.05, 4.69) is 10.6 Å². The first-order chi connectivity index (χ1) is 19.8. The number of nitrogens with zero attached hydrogens (tertiary/aromatic N) is 3. The molecule has 41 heavy (non-hydrogen) atoms. The minimum Gasteiger partial charge on any atom is -0.315 e. The van der Waals surface area contributed by atoms with Crippen molar-refractivity contribution >= 4 is 34.2 Å². The largest absolute Gasteiger partial charge is 0.322 e.